The maximum absolute atomic E-state index is 12.6. The zero-order chi connectivity index (χ0) is 14.0. The van der Waals surface area contributed by atoms with E-state index in [0.717, 1.165) is 16.8 Å². The van der Waals surface area contributed by atoms with E-state index in [2.05, 4.69) is 10.3 Å². The maximum Gasteiger partial charge on any atom is 0.416 e. The van der Waals surface area contributed by atoms with Crippen LogP contribution in [-0.4, -0.2) is 26.1 Å². The highest BCUT2D eigenvalue weighted by Crippen LogP contribution is 2.30. The first kappa shape index (κ1) is 13.1. The minimum absolute atomic E-state index is 0.114. The molecule has 0 atom stereocenters. The van der Waals surface area contributed by atoms with E-state index < -0.39 is 17.7 Å². The van der Waals surface area contributed by atoms with Gasteiger partial charge >= 0.3 is 12.1 Å². The highest BCUT2D eigenvalue weighted by Gasteiger charge is 2.30. The van der Waals surface area contributed by atoms with E-state index in [1.165, 1.54) is 18.3 Å². The third-order valence-corrected chi connectivity index (χ3v) is 2.37. The van der Waals surface area contributed by atoms with Crippen molar-refractivity contribution in [1.82, 2.24) is 15.0 Å². The first-order valence-electron chi connectivity index (χ1n) is 5.17. The molecule has 0 unspecified atom stereocenters. The Bertz CT molecular complexity index is 607. The summed E-state index contributed by atoms with van der Waals surface area (Å²) in [6.07, 6.45) is -3.64. The van der Waals surface area contributed by atoms with E-state index in [0.29, 0.717) is 0 Å². The van der Waals surface area contributed by atoms with Crippen LogP contribution in [0.3, 0.4) is 0 Å². The third-order valence-electron chi connectivity index (χ3n) is 2.37. The summed E-state index contributed by atoms with van der Waals surface area (Å²) in [5.41, 5.74) is -0.517. The van der Waals surface area contributed by atoms with Crippen molar-refractivity contribution in [3.8, 4) is 5.69 Å². The number of nitrogens with zero attached hydrogens (tertiary/aromatic N) is 3. The monoisotopic (exact) mass is 271 g/mol. The molecule has 5 nitrogen and oxygen atoms in total. The number of carboxylic acid groups (broad SMARTS) is 1. The van der Waals surface area contributed by atoms with E-state index in [1.54, 1.807) is 0 Å². The van der Waals surface area contributed by atoms with E-state index >= 15 is 0 Å². The molecule has 2 aromatic rings. The SMILES string of the molecule is O=C(O)Cc1cnnn1-c1cccc(C(F)(F)F)c1. The number of hydrogen-bond acceptors (Lipinski definition) is 3. The first-order chi connectivity index (χ1) is 8.88. The summed E-state index contributed by atoms with van der Waals surface area (Å²) in [5, 5.41) is 15.8. The van der Waals surface area contributed by atoms with Gasteiger partial charge in [0, 0.05) is 0 Å². The molecule has 0 spiro atoms. The lowest BCUT2D eigenvalue weighted by Crippen LogP contribution is -2.10. The standard InChI is InChI=1S/C11H8F3N3O2/c12-11(13,14)7-2-1-3-8(4-7)17-9(5-10(18)19)6-15-16-17/h1-4,6H,5H2,(H,18,19). The van der Waals surface area contributed by atoms with Crippen LogP contribution in [0.5, 0.6) is 0 Å². The van der Waals surface area contributed by atoms with Gasteiger partial charge in [-0.25, -0.2) is 4.68 Å². The smallest absolute Gasteiger partial charge is 0.416 e. The van der Waals surface area contributed by atoms with Crippen molar-refractivity contribution in [1.29, 1.82) is 0 Å². The molecule has 19 heavy (non-hydrogen) atoms. The zero-order valence-corrected chi connectivity index (χ0v) is 9.42. The topological polar surface area (TPSA) is 68.0 Å². The molecule has 0 saturated heterocycles. The molecule has 8 heteroatoms. The Morgan fingerprint density at radius 2 is 2.11 bits per heavy atom. The summed E-state index contributed by atoms with van der Waals surface area (Å²) < 4.78 is 38.8. The molecule has 0 radical (unpaired) electrons. The van der Waals surface area contributed by atoms with Gasteiger partial charge in [0.1, 0.15) is 0 Å². The summed E-state index contributed by atoms with van der Waals surface area (Å²) in [5.74, 6) is -1.12. The molecular formula is C11H8F3N3O2. The van der Waals surface area contributed by atoms with Crippen LogP contribution in [0.15, 0.2) is 30.5 Å². The molecule has 0 fully saturated rings. The molecular weight excluding hydrogens is 263 g/mol. The summed E-state index contributed by atoms with van der Waals surface area (Å²) in [6, 6.07) is 4.44. The minimum atomic E-state index is -4.47. The molecule has 0 aliphatic carbocycles. The van der Waals surface area contributed by atoms with Gasteiger partial charge in [0.15, 0.2) is 0 Å². The van der Waals surface area contributed by atoms with Crippen LogP contribution < -0.4 is 0 Å². The van der Waals surface area contributed by atoms with Gasteiger partial charge in [-0.15, -0.1) is 5.10 Å². The zero-order valence-electron chi connectivity index (χ0n) is 9.42. The average Bonchev–Trinajstić information content (AvgIpc) is 2.75. The summed E-state index contributed by atoms with van der Waals surface area (Å²) in [6.45, 7) is 0. The average molecular weight is 271 g/mol. The van der Waals surface area contributed by atoms with Gasteiger partial charge in [-0.05, 0) is 18.2 Å². The Kier molecular flexibility index (Phi) is 3.24. The van der Waals surface area contributed by atoms with Crippen LogP contribution >= 0.6 is 0 Å². The Labute approximate surface area is 105 Å². The molecule has 0 saturated carbocycles. The molecule has 0 amide bonds. The molecule has 100 valence electrons. The number of rotatable bonds is 3. The lowest BCUT2D eigenvalue weighted by molar-refractivity contribution is -0.138. The highest BCUT2D eigenvalue weighted by atomic mass is 19.4. The fourth-order valence-electron chi connectivity index (χ4n) is 1.56. The molecule has 0 bridgehead atoms. The van der Waals surface area contributed by atoms with Gasteiger partial charge in [0.05, 0.1) is 29.6 Å². The Balaban J connectivity index is 2.42. The quantitative estimate of drug-likeness (QED) is 0.926. The van der Waals surface area contributed by atoms with Crippen LogP contribution in [0.2, 0.25) is 0 Å². The molecule has 1 aromatic heterocycles. The molecule has 2 rings (SSSR count). The molecule has 1 aromatic carbocycles. The first-order valence-corrected chi connectivity index (χ1v) is 5.17. The van der Waals surface area contributed by atoms with Gasteiger partial charge < -0.3 is 5.11 Å². The van der Waals surface area contributed by atoms with Gasteiger partial charge in [-0.1, -0.05) is 11.3 Å². The summed E-state index contributed by atoms with van der Waals surface area (Å²) in [4.78, 5) is 10.6. The number of aliphatic carboxylic acids is 1. The maximum atomic E-state index is 12.6. The Hall–Kier alpha value is -2.38. The van der Waals surface area contributed by atoms with Crippen molar-refractivity contribution < 1.29 is 23.1 Å². The number of carboxylic acids is 1. The number of halogens is 3. The molecule has 1 heterocycles. The fourth-order valence-corrected chi connectivity index (χ4v) is 1.56. The molecule has 0 aliphatic rings. The number of benzene rings is 1. The van der Waals surface area contributed by atoms with Crippen molar-refractivity contribution in [3.05, 3.63) is 41.7 Å². The van der Waals surface area contributed by atoms with E-state index in [1.807, 2.05) is 0 Å². The van der Waals surface area contributed by atoms with Crippen molar-refractivity contribution in [2.45, 2.75) is 12.6 Å². The van der Waals surface area contributed by atoms with E-state index in [-0.39, 0.29) is 17.8 Å². The van der Waals surface area contributed by atoms with E-state index in [9.17, 15) is 18.0 Å². The van der Waals surface area contributed by atoms with Crippen LogP contribution in [-0.2, 0) is 17.4 Å². The van der Waals surface area contributed by atoms with E-state index in [4.69, 9.17) is 5.11 Å². The normalized spacial score (nSPS) is 11.5. The second kappa shape index (κ2) is 4.71. The highest BCUT2D eigenvalue weighted by molar-refractivity contribution is 5.69. The third kappa shape index (κ3) is 2.90. The van der Waals surface area contributed by atoms with Crippen LogP contribution in [0.1, 0.15) is 11.3 Å². The predicted molar refractivity (Wildman–Crippen MR) is 57.7 cm³/mol. The number of alkyl halides is 3. The van der Waals surface area contributed by atoms with Crippen molar-refractivity contribution >= 4 is 5.97 Å². The number of carbonyl (C=O) groups is 1. The van der Waals surface area contributed by atoms with Gasteiger partial charge in [-0.3, -0.25) is 4.79 Å². The largest absolute Gasteiger partial charge is 0.481 e. The number of hydrogen-bond donors (Lipinski definition) is 1. The second-order valence-electron chi connectivity index (χ2n) is 3.76. The Morgan fingerprint density at radius 3 is 2.74 bits per heavy atom. The van der Waals surface area contributed by atoms with Crippen molar-refractivity contribution in [2.24, 2.45) is 0 Å². The summed E-state index contributed by atoms with van der Waals surface area (Å²) >= 11 is 0. The van der Waals surface area contributed by atoms with Gasteiger partial charge in [-0.2, -0.15) is 13.2 Å². The van der Waals surface area contributed by atoms with Gasteiger partial charge in [0.2, 0.25) is 0 Å². The van der Waals surface area contributed by atoms with Crippen LogP contribution in [0.4, 0.5) is 13.2 Å². The lowest BCUT2D eigenvalue weighted by Gasteiger charge is -2.09. The van der Waals surface area contributed by atoms with Crippen molar-refractivity contribution in [2.75, 3.05) is 0 Å². The fraction of sp³-hybridized carbons (Fsp3) is 0.182. The molecule has 1 N–H and O–H groups in total. The summed E-state index contributed by atoms with van der Waals surface area (Å²) in [7, 11) is 0. The second-order valence-corrected chi connectivity index (χ2v) is 3.76. The van der Waals surface area contributed by atoms with Crippen LogP contribution in [0.25, 0.3) is 5.69 Å². The van der Waals surface area contributed by atoms with Gasteiger partial charge in [0.25, 0.3) is 0 Å². The number of aromatic nitrogens is 3. The molecule has 0 aliphatic heterocycles. The predicted octanol–water partition coefficient (Wildman–Crippen LogP) is 1.91. The lowest BCUT2D eigenvalue weighted by atomic mass is 10.2. The Morgan fingerprint density at radius 1 is 1.37 bits per heavy atom. The van der Waals surface area contributed by atoms with Crippen molar-refractivity contribution in [3.63, 3.8) is 0 Å². The van der Waals surface area contributed by atoms with Crippen LogP contribution in [0, 0.1) is 0 Å². The minimum Gasteiger partial charge on any atom is -0.481 e.